The lowest BCUT2D eigenvalue weighted by Crippen LogP contribution is -2.25. The van der Waals surface area contributed by atoms with Gasteiger partial charge in [0.25, 0.3) is 5.91 Å². The summed E-state index contributed by atoms with van der Waals surface area (Å²) in [6.45, 7) is 0.553. The second-order valence-corrected chi connectivity index (χ2v) is 5.86. The number of nitrogens with one attached hydrogen (secondary N) is 1. The summed E-state index contributed by atoms with van der Waals surface area (Å²) in [6.07, 6.45) is 2.68. The standard InChI is InChI=1S/C20H22N2O3/c1-22-12-10-15-16(5-4-6-17(15)22)20(23)21-11-9-14-7-8-18(24-2)19(13-14)25-3/h4-8,10,12-13H,9,11H2,1-3H3,(H,21,23). The molecule has 1 N–H and O–H groups in total. The highest BCUT2D eigenvalue weighted by Crippen LogP contribution is 2.27. The molecule has 1 amide bonds. The maximum Gasteiger partial charge on any atom is 0.251 e. The fourth-order valence-electron chi connectivity index (χ4n) is 2.95. The van der Waals surface area contributed by atoms with Gasteiger partial charge in [0.05, 0.1) is 14.2 Å². The van der Waals surface area contributed by atoms with Gasteiger partial charge in [0, 0.05) is 36.3 Å². The quantitative estimate of drug-likeness (QED) is 0.751. The van der Waals surface area contributed by atoms with Gasteiger partial charge < -0.3 is 19.4 Å². The van der Waals surface area contributed by atoms with Crippen LogP contribution in [0.5, 0.6) is 11.5 Å². The van der Waals surface area contributed by atoms with Crippen LogP contribution in [0.1, 0.15) is 15.9 Å². The minimum absolute atomic E-state index is 0.0581. The van der Waals surface area contributed by atoms with Crippen LogP contribution in [0.15, 0.2) is 48.7 Å². The van der Waals surface area contributed by atoms with Gasteiger partial charge in [-0.3, -0.25) is 4.79 Å². The number of hydrogen-bond donors (Lipinski definition) is 1. The van der Waals surface area contributed by atoms with Crippen molar-refractivity contribution >= 4 is 16.8 Å². The van der Waals surface area contributed by atoms with E-state index < -0.39 is 0 Å². The van der Waals surface area contributed by atoms with Gasteiger partial charge in [-0.05, 0) is 42.3 Å². The third kappa shape index (κ3) is 3.45. The Hall–Kier alpha value is -2.95. The van der Waals surface area contributed by atoms with Crippen molar-refractivity contribution in [3.63, 3.8) is 0 Å². The fraction of sp³-hybridized carbons (Fsp3) is 0.250. The molecular formula is C20H22N2O3. The van der Waals surface area contributed by atoms with Gasteiger partial charge >= 0.3 is 0 Å². The Labute approximate surface area is 147 Å². The van der Waals surface area contributed by atoms with Gasteiger partial charge in [-0.1, -0.05) is 12.1 Å². The second-order valence-electron chi connectivity index (χ2n) is 5.86. The van der Waals surface area contributed by atoms with Gasteiger partial charge in [0.2, 0.25) is 0 Å². The van der Waals surface area contributed by atoms with Gasteiger partial charge in [-0.25, -0.2) is 0 Å². The zero-order chi connectivity index (χ0) is 17.8. The number of hydrogen-bond acceptors (Lipinski definition) is 3. The molecule has 25 heavy (non-hydrogen) atoms. The van der Waals surface area contributed by atoms with Crippen LogP contribution in [0, 0.1) is 0 Å². The van der Waals surface area contributed by atoms with Crippen LogP contribution in [0.2, 0.25) is 0 Å². The van der Waals surface area contributed by atoms with Gasteiger partial charge in [0.1, 0.15) is 0 Å². The molecule has 3 aromatic rings. The van der Waals surface area contributed by atoms with Crippen LogP contribution in [-0.2, 0) is 13.5 Å². The van der Waals surface area contributed by atoms with Crippen LogP contribution in [0.3, 0.4) is 0 Å². The average molecular weight is 338 g/mol. The number of carbonyl (C=O) groups excluding carboxylic acids is 1. The predicted octanol–water partition coefficient (Wildman–Crippen LogP) is 3.17. The SMILES string of the molecule is COc1ccc(CCNC(=O)c2cccc3c2ccn3C)cc1OC. The molecule has 1 aromatic heterocycles. The van der Waals surface area contributed by atoms with Gasteiger partial charge in [-0.15, -0.1) is 0 Å². The molecule has 0 spiro atoms. The minimum Gasteiger partial charge on any atom is -0.493 e. The van der Waals surface area contributed by atoms with Crippen LogP contribution < -0.4 is 14.8 Å². The van der Waals surface area contributed by atoms with Crippen molar-refractivity contribution in [2.75, 3.05) is 20.8 Å². The summed E-state index contributed by atoms with van der Waals surface area (Å²) in [4.78, 5) is 12.5. The number of ether oxygens (including phenoxy) is 2. The first kappa shape index (κ1) is 16.9. The first-order valence-electron chi connectivity index (χ1n) is 8.17. The van der Waals surface area contributed by atoms with Crippen molar-refractivity contribution in [2.45, 2.75) is 6.42 Å². The lowest BCUT2D eigenvalue weighted by molar-refractivity contribution is 0.0956. The highest BCUT2D eigenvalue weighted by atomic mass is 16.5. The number of amides is 1. The molecule has 0 aliphatic carbocycles. The smallest absolute Gasteiger partial charge is 0.251 e. The van der Waals surface area contributed by atoms with Crippen LogP contribution >= 0.6 is 0 Å². The number of fused-ring (bicyclic) bond motifs is 1. The molecule has 0 bridgehead atoms. The molecule has 5 nitrogen and oxygen atoms in total. The van der Waals surface area contributed by atoms with E-state index in [1.165, 1.54) is 0 Å². The molecule has 3 rings (SSSR count). The number of aryl methyl sites for hydroxylation is 1. The zero-order valence-corrected chi connectivity index (χ0v) is 14.7. The first-order valence-corrected chi connectivity index (χ1v) is 8.17. The van der Waals surface area contributed by atoms with Crippen LogP contribution in [0.25, 0.3) is 10.9 Å². The molecule has 0 atom stereocenters. The van der Waals surface area contributed by atoms with E-state index >= 15 is 0 Å². The Morgan fingerprint density at radius 1 is 1.08 bits per heavy atom. The zero-order valence-electron chi connectivity index (χ0n) is 14.7. The Morgan fingerprint density at radius 3 is 2.64 bits per heavy atom. The lowest BCUT2D eigenvalue weighted by atomic mass is 10.1. The molecule has 0 fully saturated rings. The van der Waals surface area contributed by atoms with E-state index in [2.05, 4.69) is 5.32 Å². The predicted molar refractivity (Wildman–Crippen MR) is 98.5 cm³/mol. The first-order chi connectivity index (χ1) is 12.1. The van der Waals surface area contributed by atoms with E-state index in [0.717, 1.165) is 22.9 Å². The number of nitrogens with zero attached hydrogens (tertiary/aromatic N) is 1. The molecule has 130 valence electrons. The summed E-state index contributed by atoms with van der Waals surface area (Å²) in [7, 11) is 5.20. The topological polar surface area (TPSA) is 52.5 Å². The summed E-state index contributed by atoms with van der Waals surface area (Å²) in [5.74, 6) is 1.34. The Balaban J connectivity index is 1.66. The molecule has 0 radical (unpaired) electrons. The molecule has 0 aliphatic rings. The number of rotatable bonds is 6. The van der Waals surface area contributed by atoms with E-state index in [4.69, 9.17) is 9.47 Å². The van der Waals surface area contributed by atoms with E-state index in [1.54, 1.807) is 14.2 Å². The molecule has 0 saturated heterocycles. The molecule has 1 heterocycles. The summed E-state index contributed by atoms with van der Waals surface area (Å²) >= 11 is 0. The molecule has 5 heteroatoms. The van der Waals surface area contributed by atoms with Crippen molar-refractivity contribution < 1.29 is 14.3 Å². The van der Waals surface area contributed by atoms with Crippen molar-refractivity contribution in [2.24, 2.45) is 7.05 Å². The number of benzene rings is 2. The van der Waals surface area contributed by atoms with E-state index in [1.807, 2.05) is 60.3 Å². The average Bonchev–Trinajstić information content (AvgIpc) is 3.02. The number of methoxy groups -OCH3 is 2. The molecule has 2 aromatic carbocycles. The second kappa shape index (κ2) is 7.30. The highest BCUT2D eigenvalue weighted by molar-refractivity contribution is 6.06. The largest absolute Gasteiger partial charge is 0.493 e. The van der Waals surface area contributed by atoms with E-state index in [9.17, 15) is 4.79 Å². The third-order valence-corrected chi connectivity index (χ3v) is 4.32. The van der Waals surface area contributed by atoms with Crippen molar-refractivity contribution in [1.29, 1.82) is 0 Å². The normalized spacial score (nSPS) is 10.7. The Kier molecular flexibility index (Phi) is 4.93. The number of aromatic nitrogens is 1. The molecule has 0 saturated carbocycles. The summed E-state index contributed by atoms with van der Waals surface area (Å²) in [6, 6.07) is 13.5. The Bertz CT molecular complexity index is 899. The number of carbonyl (C=O) groups is 1. The van der Waals surface area contributed by atoms with Crippen LogP contribution in [-0.4, -0.2) is 31.2 Å². The lowest BCUT2D eigenvalue weighted by Gasteiger charge is -2.10. The highest BCUT2D eigenvalue weighted by Gasteiger charge is 2.11. The minimum atomic E-state index is -0.0581. The van der Waals surface area contributed by atoms with Crippen molar-refractivity contribution in [3.05, 3.63) is 59.8 Å². The van der Waals surface area contributed by atoms with Gasteiger partial charge in [-0.2, -0.15) is 0 Å². The maximum absolute atomic E-state index is 12.5. The maximum atomic E-state index is 12.5. The van der Waals surface area contributed by atoms with Gasteiger partial charge in [0.15, 0.2) is 11.5 Å². The van der Waals surface area contributed by atoms with Crippen molar-refractivity contribution in [1.82, 2.24) is 9.88 Å². The Morgan fingerprint density at radius 2 is 1.88 bits per heavy atom. The molecule has 0 unspecified atom stereocenters. The van der Waals surface area contributed by atoms with E-state index in [0.29, 0.717) is 23.6 Å². The molecular weight excluding hydrogens is 316 g/mol. The third-order valence-electron chi connectivity index (χ3n) is 4.32. The fourth-order valence-corrected chi connectivity index (χ4v) is 2.95. The summed E-state index contributed by atoms with van der Waals surface area (Å²) < 4.78 is 12.6. The van der Waals surface area contributed by atoms with Crippen molar-refractivity contribution in [3.8, 4) is 11.5 Å². The summed E-state index contributed by atoms with van der Waals surface area (Å²) in [5.41, 5.74) is 2.83. The monoisotopic (exact) mass is 338 g/mol. The summed E-state index contributed by atoms with van der Waals surface area (Å²) in [5, 5.41) is 3.96. The molecule has 0 aliphatic heterocycles. The van der Waals surface area contributed by atoms with Crippen LogP contribution in [0.4, 0.5) is 0 Å². The van der Waals surface area contributed by atoms with E-state index in [-0.39, 0.29) is 5.91 Å².